The Labute approximate surface area is 174 Å². The second-order valence-electron chi connectivity index (χ2n) is 5.77. The second-order valence-corrected chi connectivity index (χ2v) is 6.54. The molecular formula is C19H18F3NO6S. The molecule has 0 amide bonds. The van der Waals surface area contributed by atoms with Gasteiger partial charge in [0.05, 0.1) is 5.71 Å². The van der Waals surface area contributed by atoms with Gasteiger partial charge in [0.15, 0.2) is 6.61 Å². The van der Waals surface area contributed by atoms with E-state index in [4.69, 9.17) is 9.47 Å². The summed E-state index contributed by atoms with van der Waals surface area (Å²) < 4.78 is 49.9. The van der Waals surface area contributed by atoms with Gasteiger partial charge >= 0.3 is 11.5 Å². The van der Waals surface area contributed by atoms with Gasteiger partial charge < -0.3 is 9.47 Å². The number of oxime groups is 1. The highest BCUT2D eigenvalue weighted by atomic mass is 32.2. The van der Waals surface area contributed by atoms with Gasteiger partial charge in [0.2, 0.25) is 0 Å². The van der Waals surface area contributed by atoms with Crippen LogP contribution in [0.25, 0.3) is 0 Å². The summed E-state index contributed by atoms with van der Waals surface area (Å²) in [6.07, 6.45) is -0.399. The molecule has 0 saturated heterocycles. The Kier molecular flexibility index (Phi) is 8.96. The number of alkyl halides is 3. The molecular weight excluding hydrogens is 427 g/mol. The van der Waals surface area contributed by atoms with Crippen molar-refractivity contribution in [2.45, 2.75) is 25.5 Å². The van der Waals surface area contributed by atoms with Gasteiger partial charge in [-0.2, -0.15) is 18.2 Å². The highest BCUT2D eigenvalue weighted by Gasteiger charge is 2.31. The lowest BCUT2D eigenvalue weighted by Crippen LogP contribution is -2.17. The molecule has 2 aromatic carbocycles. The van der Waals surface area contributed by atoms with Crippen LogP contribution in [-0.4, -0.2) is 23.8 Å². The molecule has 0 aliphatic heterocycles. The maximum Gasteiger partial charge on any atom is 0.471 e. The van der Waals surface area contributed by atoms with E-state index in [1.165, 1.54) is 0 Å². The Balaban J connectivity index is 1.75. The molecule has 7 nitrogen and oxygen atoms in total. The van der Waals surface area contributed by atoms with E-state index < -0.39 is 29.6 Å². The minimum Gasteiger partial charge on any atom is -0.482 e. The largest absolute Gasteiger partial charge is 0.482 e. The van der Waals surface area contributed by atoms with Gasteiger partial charge in [0.25, 0.3) is 0 Å². The van der Waals surface area contributed by atoms with Crippen molar-refractivity contribution < 1.29 is 41.8 Å². The molecule has 1 unspecified atom stereocenters. The van der Waals surface area contributed by atoms with Crippen molar-refractivity contribution in [3.8, 4) is 5.75 Å². The van der Waals surface area contributed by atoms with E-state index in [9.17, 15) is 18.0 Å². The molecule has 0 bridgehead atoms. The lowest BCUT2D eigenvalue weighted by atomic mass is 10.1. The van der Waals surface area contributed by atoms with Gasteiger partial charge in [0, 0.05) is 5.04 Å². The van der Waals surface area contributed by atoms with Crippen molar-refractivity contribution in [2.75, 3.05) is 6.61 Å². The number of halogens is 3. The van der Waals surface area contributed by atoms with Gasteiger partial charge in [-0.25, -0.2) is 4.79 Å². The lowest BCUT2D eigenvalue weighted by molar-refractivity contribution is -0.463. The molecule has 11 heteroatoms. The fraction of sp³-hybridized carbons (Fsp3) is 0.263. The predicted molar refractivity (Wildman–Crippen MR) is 102 cm³/mol. The third-order valence-electron chi connectivity index (χ3n) is 3.57. The molecule has 0 spiro atoms. The van der Waals surface area contributed by atoms with E-state index in [0.717, 1.165) is 5.56 Å². The summed E-state index contributed by atoms with van der Waals surface area (Å²) in [7, 11) is 0. The number of benzene rings is 2. The van der Waals surface area contributed by atoms with Crippen molar-refractivity contribution >= 4 is 23.7 Å². The predicted octanol–water partition coefficient (Wildman–Crippen LogP) is 5.14. The van der Waals surface area contributed by atoms with Crippen LogP contribution in [0.15, 0.2) is 59.8 Å². The zero-order valence-corrected chi connectivity index (χ0v) is 16.7. The minimum atomic E-state index is -4.62. The topological polar surface area (TPSA) is 75.6 Å². The van der Waals surface area contributed by atoms with Crippen molar-refractivity contribution in [3.63, 3.8) is 0 Å². The van der Waals surface area contributed by atoms with Crippen LogP contribution in [0.2, 0.25) is 0 Å². The van der Waals surface area contributed by atoms with Crippen molar-refractivity contribution in [2.24, 2.45) is 5.16 Å². The molecule has 0 N–H and O–H groups in total. The maximum atomic E-state index is 11.9. The molecule has 0 aliphatic carbocycles. The monoisotopic (exact) mass is 445 g/mol. The number of hydrogen-bond acceptors (Lipinski definition) is 8. The van der Waals surface area contributed by atoms with E-state index in [0.29, 0.717) is 17.0 Å². The summed E-state index contributed by atoms with van der Waals surface area (Å²) in [6.45, 7) is 3.04. The second kappa shape index (κ2) is 11.4. The zero-order chi connectivity index (χ0) is 22.0. The summed E-state index contributed by atoms with van der Waals surface area (Å²) >= 11 is -0.878. The van der Waals surface area contributed by atoms with E-state index in [-0.39, 0.29) is 6.61 Å². The first-order chi connectivity index (χ1) is 14.2. The van der Waals surface area contributed by atoms with Crippen LogP contribution in [0.5, 0.6) is 5.75 Å². The summed E-state index contributed by atoms with van der Waals surface area (Å²) in [5, 5.41) is 7.29. The summed E-state index contributed by atoms with van der Waals surface area (Å²) in [5.74, 6) is -0.103. The first-order valence-corrected chi connectivity index (χ1v) is 9.26. The average molecular weight is 445 g/mol. The van der Waals surface area contributed by atoms with Gasteiger partial charge in [-0.3, -0.25) is 0 Å². The highest BCUT2D eigenvalue weighted by Crippen LogP contribution is 2.30. The molecule has 162 valence electrons. The lowest BCUT2D eigenvalue weighted by Gasteiger charge is -2.14. The molecule has 0 aliphatic rings. The number of nitrogens with zero attached hydrogens (tertiary/aromatic N) is 1. The van der Waals surface area contributed by atoms with Crippen LogP contribution in [0.3, 0.4) is 0 Å². The van der Waals surface area contributed by atoms with Crippen LogP contribution in [0.1, 0.15) is 31.1 Å². The highest BCUT2D eigenvalue weighted by molar-refractivity contribution is 7.95. The number of carbonyl (C=O) groups is 1. The summed E-state index contributed by atoms with van der Waals surface area (Å²) in [6, 6.07) is 15.7. The fourth-order valence-electron chi connectivity index (χ4n) is 2.15. The van der Waals surface area contributed by atoms with Crippen LogP contribution in [-0.2, 0) is 23.9 Å². The number of esters is 1. The third-order valence-corrected chi connectivity index (χ3v) is 3.88. The van der Waals surface area contributed by atoms with Crippen LogP contribution < -0.4 is 4.74 Å². The Morgan fingerprint density at radius 3 is 2.40 bits per heavy atom. The molecule has 0 aromatic heterocycles. The van der Waals surface area contributed by atoms with Crippen LogP contribution in [0.4, 0.5) is 13.2 Å². The Morgan fingerprint density at radius 1 is 1.10 bits per heavy atom. The summed E-state index contributed by atoms with van der Waals surface area (Å²) in [4.78, 5) is 16.1. The zero-order valence-electron chi connectivity index (χ0n) is 15.9. The first-order valence-electron chi connectivity index (χ1n) is 8.52. The van der Waals surface area contributed by atoms with E-state index in [1.54, 1.807) is 38.1 Å². The van der Waals surface area contributed by atoms with Crippen LogP contribution >= 0.6 is 12.0 Å². The molecule has 0 radical (unpaired) electrons. The Morgan fingerprint density at radius 2 is 1.77 bits per heavy atom. The molecule has 1 atom stereocenters. The van der Waals surface area contributed by atoms with E-state index >= 15 is 0 Å². The van der Waals surface area contributed by atoms with Crippen molar-refractivity contribution in [1.82, 2.24) is 0 Å². The van der Waals surface area contributed by atoms with E-state index in [1.807, 2.05) is 30.3 Å². The maximum absolute atomic E-state index is 11.9. The quantitative estimate of drug-likeness (QED) is 0.125. The number of rotatable bonds is 10. The first kappa shape index (κ1) is 23.5. The third kappa shape index (κ3) is 8.72. The molecule has 0 fully saturated rings. The van der Waals surface area contributed by atoms with Gasteiger partial charge in [-0.05, 0) is 54.4 Å². The van der Waals surface area contributed by atoms with Crippen molar-refractivity contribution in [1.29, 1.82) is 0 Å². The molecule has 0 heterocycles. The van der Waals surface area contributed by atoms with Crippen LogP contribution in [0, 0.1) is 0 Å². The Hall–Kier alpha value is -2.76. The smallest absolute Gasteiger partial charge is 0.471 e. The molecule has 0 saturated carbocycles. The number of hydrogen-bond donors (Lipinski definition) is 0. The van der Waals surface area contributed by atoms with Gasteiger partial charge in [-0.1, -0.05) is 30.3 Å². The average Bonchev–Trinajstić information content (AvgIpc) is 2.72. The normalized spacial score (nSPS) is 12.9. The van der Waals surface area contributed by atoms with Gasteiger partial charge in [-0.15, -0.1) is 4.33 Å². The van der Waals surface area contributed by atoms with Crippen molar-refractivity contribution in [3.05, 3.63) is 65.7 Å². The SMILES string of the molecule is C/C(=N\OOOSC(F)(F)F)c1ccc(OCC(=O)OC(C)c2ccccc2)cc1. The summed E-state index contributed by atoms with van der Waals surface area (Å²) in [5.41, 5.74) is -2.87. The molecule has 2 aromatic rings. The molecule has 30 heavy (non-hydrogen) atoms. The standard InChI is InChI=1S/C19H18F3NO6S/c1-13(23-27-28-29-30-19(20,21)22)15-8-10-17(11-9-15)25-12-18(24)26-14(2)16-6-4-3-5-7-16/h3-11,14H,12H2,1-2H3/b23-13+. The molecule has 2 rings (SSSR count). The van der Waals surface area contributed by atoms with E-state index in [2.05, 4.69) is 19.5 Å². The minimum absolute atomic E-state index is 0.269. The Bertz CT molecular complexity index is 830. The number of carbonyl (C=O) groups excluding carboxylic acids is 1. The number of ether oxygens (including phenoxy) is 2. The fourth-order valence-corrected chi connectivity index (χ4v) is 2.28. The van der Waals surface area contributed by atoms with Gasteiger partial charge in [0.1, 0.15) is 23.9 Å².